The summed E-state index contributed by atoms with van der Waals surface area (Å²) in [6.45, 7) is 5.26. The molecular weight excluding hydrogens is 248 g/mol. The standard InChI is InChI=1S/C14H17ClN2O/c1-14(2)7-4-8-17-10-6-3-5-9(15)11(10)16-13(18)12(14)17/h3,5-6,12H,4,7-8H2,1-2H3,(H,16,18). The number of carbonyl (C=O) groups excluding carboxylic acids is 1. The molecule has 0 aliphatic carbocycles. The highest BCUT2D eigenvalue weighted by Gasteiger charge is 2.45. The second-order valence-electron chi connectivity index (χ2n) is 5.81. The predicted molar refractivity (Wildman–Crippen MR) is 74.2 cm³/mol. The monoisotopic (exact) mass is 264 g/mol. The average molecular weight is 265 g/mol. The van der Waals surface area contributed by atoms with Gasteiger partial charge < -0.3 is 10.2 Å². The van der Waals surface area contributed by atoms with E-state index in [0.717, 1.165) is 30.8 Å². The van der Waals surface area contributed by atoms with Crippen molar-refractivity contribution >= 4 is 28.9 Å². The number of rotatable bonds is 0. The zero-order valence-corrected chi connectivity index (χ0v) is 11.4. The minimum atomic E-state index is -0.0859. The lowest BCUT2D eigenvalue weighted by atomic mass is 9.75. The molecule has 0 bridgehead atoms. The largest absolute Gasteiger partial charge is 0.357 e. The normalized spacial score (nSPS) is 25.2. The summed E-state index contributed by atoms with van der Waals surface area (Å²) in [4.78, 5) is 14.6. The Bertz CT molecular complexity index is 513. The van der Waals surface area contributed by atoms with Crippen molar-refractivity contribution in [2.75, 3.05) is 16.8 Å². The maximum absolute atomic E-state index is 12.3. The molecule has 1 aromatic carbocycles. The second-order valence-corrected chi connectivity index (χ2v) is 6.22. The highest BCUT2D eigenvalue weighted by molar-refractivity contribution is 6.35. The van der Waals surface area contributed by atoms with Gasteiger partial charge in [0.05, 0.1) is 16.4 Å². The van der Waals surface area contributed by atoms with Gasteiger partial charge in [0.25, 0.3) is 0 Å². The highest BCUT2D eigenvalue weighted by Crippen LogP contribution is 2.45. The average Bonchev–Trinajstić information content (AvgIpc) is 2.29. The van der Waals surface area contributed by atoms with Crippen LogP contribution in [0.1, 0.15) is 26.7 Å². The van der Waals surface area contributed by atoms with Crippen LogP contribution in [-0.4, -0.2) is 18.5 Å². The van der Waals surface area contributed by atoms with E-state index in [-0.39, 0.29) is 17.4 Å². The van der Waals surface area contributed by atoms with Gasteiger partial charge in [0.2, 0.25) is 5.91 Å². The van der Waals surface area contributed by atoms with E-state index in [9.17, 15) is 4.79 Å². The first-order valence-electron chi connectivity index (χ1n) is 6.37. The third-order valence-electron chi connectivity index (χ3n) is 4.07. The second kappa shape index (κ2) is 3.89. The maximum Gasteiger partial charge on any atom is 0.247 e. The summed E-state index contributed by atoms with van der Waals surface area (Å²) in [6, 6.07) is 5.71. The molecule has 3 rings (SSSR count). The summed E-state index contributed by atoms with van der Waals surface area (Å²) in [5.74, 6) is 0.0697. The van der Waals surface area contributed by atoms with E-state index in [4.69, 9.17) is 11.6 Å². The van der Waals surface area contributed by atoms with E-state index in [1.807, 2.05) is 18.2 Å². The van der Waals surface area contributed by atoms with Crippen LogP contribution in [0, 0.1) is 5.41 Å². The van der Waals surface area contributed by atoms with E-state index in [2.05, 4.69) is 24.1 Å². The number of fused-ring (bicyclic) bond motifs is 3. The molecule has 1 N–H and O–H groups in total. The summed E-state index contributed by atoms with van der Waals surface area (Å²) >= 11 is 6.17. The van der Waals surface area contributed by atoms with Crippen LogP contribution in [0.4, 0.5) is 11.4 Å². The summed E-state index contributed by atoms with van der Waals surface area (Å²) in [7, 11) is 0. The molecule has 0 saturated carbocycles. The molecule has 1 fully saturated rings. The smallest absolute Gasteiger partial charge is 0.247 e. The highest BCUT2D eigenvalue weighted by atomic mass is 35.5. The van der Waals surface area contributed by atoms with Gasteiger partial charge in [-0.1, -0.05) is 31.5 Å². The molecule has 1 unspecified atom stereocenters. The van der Waals surface area contributed by atoms with Crippen LogP contribution in [0.2, 0.25) is 5.02 Å². The fraction of sp³-hybridized carbons (Fsp3) is 0.500. The number of anilines is 2. The lowest BCUT2D eigenvalue weighted by molar-refractivity contribution is -0.120. The quantitative estimate of drug-likeness (QED) is 0.780. The van der Waals surface area contributed by atoms with Crippen LogP contribution in [0.15, 0.2) is 18.2 Å². The summed E-state index contributed by atoms with van der Waals surface area (Å²) < 4.78 is 0. The zero-order valence-electron chi connectivity index (χ0n) is 10.7. The topological polar surface area (TPSA) is 32.3 Å². The number of nitrogens with zero attached hydrogens (tertiary/aromatic N) is 1. The molecule has 96 valence electrons. The SMILES string of the molecule is CC1(C)CCCN2c3cccc(Cl)c3NC(=O)C21. The third-order valence-corrected chi connectivity index (χ3v) is 4.38. The molecule has 2 aliphatic rings. The number of piperidine rings is 1. The van der Waals surface area contributed by atoms with Gasteiger partial charge in [-0.25, -0.2) is 0 Å². The van der Waals surface area contributed by atoms with Crippen LogP contribution in [0.5, 0.6) is 0 Å². The number of benzene rings is 1. The van der Waals surface area contributed by atoms with Crippen LogP contribution in [0.3, 0.4) is 0 Å². The van der Waals surface area contributed by atoms with Crippen LogP contribution < -0.4 is 10.2 Å². The van der Waals surface area contributed by atoms with Crippen molar-refractivity contribution in [3.05, 3.63) is 23.2 Å². The number of carbonyl (C=O) groups is 1. The van der Waals surface area contributed by atoms with Crippen molar-refractivity contribution in [1.82, 2.24) is 0 Å². The Morgan fingerprint density at radius 2 is 2.22 bits per heavy atom. The van der Waals surface area contributed by atoms with Crippen LogP contribution >= 0.6 is 11.6 Å². The van der Waals surface area contributed by atoms with Gasteiger partial charge in [0.1, 0.15) is 6.04 Å². The van der Waals surface area contributed by atoms with Gasteiger partial charge in [0, 0.05) is 6.54 Å². The fourth-order valence-electron chi connectivity index (χ4n) is 3.22. The van der Waals surface area contributed by atoms with Gasteiger partial charge in [-0.05, 0) is 30.4 Å². The molecule has 2 heterocycles. The summed E-state index contributed by atoms with van der Waals surface area (Å²) in [6.07, 6.45) is 2.19. The van der Waals surface area contributed by atoms with Gasteiger partial charge in [-0.3, -0.25) is 4.79 Å². The number of nitrogens with one attached hydrogen (secondary N) is 1. The van der Waals surface area contributed by atoms with Gasteiger partial charge in [0.15, 0.2) is 0 Å². The maximum atomic E-state index is 12.3. The van der Waals surface area contributed by atoms with Gasteiger partial charge in [-0.15, -0.1) is 0 Å². The Morgan fingerprint density at radius 3 is 3.00 bits per heavy atom. The lowest BCUT2D eigenvalue weighted by Gasteiger charge is -2.49. The number of hydrogen-bond acceptors (Lipinski definition) is 2. The van der Waals surface area contributed by atoms with E-state index in [1.54, 1.807) is 0 Å². The Balaban J connectivity index is 2.13. The molecule has 1 saturated heterocycles. The van der Waals surface area contributed by atoms with Gasteiger partial charge >= 0.3 is 0 Å². The van der Waals surface area contributed by atoms with Gasteiger partial charge in [-0.2, -0.15) is 0 Å². The number of halogens is 1. The molecule has 0 radical (unpaired) electrons. The molecule has 4 heteroatoms. The first kappa shape index (κ1) is 11.8. The zero-order chi connectivity index (χ0) is 12.9. The molecular formula is C14H17ClN2O. The van der Waals surface area contributed by atoms with Crippen molar-refractivity contribution in [3.8, 4) is 0 Å². The van der Waals surface area contributed by atoms with Crippen LogP contribution in [-0.2, 0) is 4.79 Å². The Labute approximate surface area is 112 Å². The Morgan fingerprint density at radius 1 is 1.44 bits per heavy atom. The molecule has 3 nitrogen and oxygen atoms in total. The van der Waals surface area contributed by atoms with Crippen LogP contribution in [0.25, 0.3) is 0 Å². The molecule has 1 atom stereocenters. The minimum absolute atomic E-state index is 0.00232. The Hall–Kier alpha value is -1.22. The van der Waals surface area contributed by atoms with E-state index in [1.165, 1.54) is 0 Å². The van der Waals surface area contributed by atoms with Crippen molar-refractivity contribution in [3.63, 3.8) is 0 Å². The number of amides is 1. The van der Waals surface area contributed by atoms with E-state index < -0.39 is 0 Å². The third kappa shape index (κ3) is 1.61. The molecule has 2 aliphatic heterocycles. The molecule has 1 amide bonds. The van der Waals surface area contributed by atoms with Crippen molar-refractivity contribution in [1.29, 1.82) is 0 Å². The first-order valence-corrected chi connectivity index (χ1v) is 6.74. The summed E-state index contributed by atoms with van der Waals surface area (Å²) in [5, 5.41) is 3.58. The van der Waals surface area contributed by atoms with E-state index >= 15 is 0 Å². The predicted octanol–water partition coefficient (Wildman–Crippen LogP) is 3.29. The first-order chi connectivity index (χ1) is 8.50. The summed E-state index contributed by atoms with van der Waals surface area (Å²) in [5.41, 5.74) is 1.82. The molecule has 0 aromatic heterocycles. The van der Waals surface area contributed by atoms with Crippen molar-refractivity contribution in [2.45, 2.75) is 32.7 Å². The number of hydrogen-bond donors (Lipinski definition) is 1. The fourth-order valence-corrected chi connectivity index (χ4v) is 3.43. The molecule has 1 aromatic rings. The Kier molecular flexibility index (Phi) is 2.56. The molecule has 18 heavy (non-hydrogen) atoms. The van der Waals surface area contributed by atoms with E-state index in [0.29, 0.717) is 5.02 Å². The van der Waals surface area contributed by atoms with Crippen molar-refractivity contribution in [2.24, 2.45) is 5.41 Å². The number of para-hydroxylation sites is 1. The van der Waals surface area contributed by atoms with Crippen molar-refractivity contribution < 1.29 is 4.79 Å². The lowest BCUT2D eigenvalue weighted by Crippen LogP contribution is -2.58. The minimum Gasteiger partial charge on any atom is -0.357 e. The molecule has 0 spiro atoms.